The second-order valence-corrected chi connectivity index (χ2v) is 8.23. The average molecular weight is 426 g/mol. The molecule has 0 spiro atoms. The van der Waals surface area contributed by atoms with Gasteiger partial charge in [0.15, 0.2) is 12.2 Å². The van der Waals surface area contributed by atoms with Crippen LogP contribution in [-0.4, -0.2) is 23.6 Å². The molecule has 0 bridgehead atoms. The SMILES string of the molecule is CC=C(C)C(=O)OC(C)(C)C1Oc2ccc3ccc(=O)oc3c2C1OC(=O)C=C(C)C. The first kappa shape index (κ1) is 22.3. The monoisotopic (exact) mass is 426 g/mol. The van der Waals surface area contributed by atoms with Crippen LogP contribution in [0.3, 0.4) is 0 Å². The summed E-state index contributed by atoms with van der Waals surface area (Å²) in [7, 11) is 0. The number of fused-ring (bicyclic) bond motifs is 3. The minimum Gasteiger partial charge on any atom is -0.481 e. The Bertz CT molecular complexity index is 1150. The van der Waals surface area contributed by atoms with Crippen LogP contribution in [0.1, 0.15) is 53.2 Å². The summed E-state index contributed by atoms with van der Waals surface area (Å²) in [5.41, 5.74) is 0.208. The molecule has 0 N–H and O–H groups in total. The van der Waals surface area contributed by atoms with Crippen molar-refractivity contribution < 1.29 is 28.2 Å². The fourth-order valence-electron chi connectivity index (χ4n) is 3.38. The van der Waals surface area contributed by atoms with Crippen LogP contribution in [0, 0.1) is 0 Å². The van der Waals surface area contributed by atoms with Gasteiger partial charge in [0.25, 0.3) is 0 Å². The van der Waals surface area contributed by atoms with Gasteiger partial charge in [-0.2, -0.15) is 0 Å². The number of hydrogen-bond donors (Lipinski definition) is 0. The van der Waals surface area contributed by atoms with Gasteiger partial charge in [-0.05, 0) is 59.7 Å². The molecule has 1 aliphatic heterocycles. The Balaban J connectivity index is 2.10. The highest BCUT2D eigenvalue weighted by molar-refractivity contribution is 5.88. The van der Waals surface area contributed by atoms with Gasteiger partial charge >= 0.3 is 17.6 Å². The molecule has 7 nitrogen and oxygen atoms in total. The molecule has 1 aromatic heterocycles. The number of hydrogen-bond acceptors (Lipinski definition) is 7. The van der Waals surface area contributed by atoms with E-state index in [1.165, 1.54) is 12.1 Å². The van der Waals surface area contributed by atoms with E-state index in [-0.39, 0.29) is 5.58 Å². The Morgan fingerprint density at radius 1 is 1.10 bits per heavy atom. The summed E-state index contributed by atoms with van der Waals surface area (Å²) in [6.45, 7) is 10.3. The van der Waals surface area contributed by atoms with Crippen molar-refractivity contribution in [2.45, 2.75) is 59.4 Å². The van der Waals surface area contributed by atoms with Gasteiger partial charge in [-0.15, -0.1) is 0 Å². The highest BCUT2D eigenvalue weighted by Gasteiger charge is 2.50. The molecule has 0 saturated carbocycles. The Morgan fingerprint density at radius 3 is 2.42 bits per heavy atom. The number of ether oxygens (including phenoxy) is 3. The van der Waals surface area contributed by atoms with Crippen molar-refractivity contribution in [1.82, 2.24) is 0 Å². The quantitative estimate of drug-likeness (QED) is 0.398. The lowest BCUT2D eigenvalue weighted by Crippen LogP contribution is -2.46. The average Bonchev–Trinajstić information content (AvgIpc) is 3.05. The molecular formula is C24H26O7. The third kappa shape index (κ3) is 4.55. The minimum atomic E-state index is -1.17. The highest BCUT2D eigenvalue weighted by atomic mass is 16.6. The largest absolute Gasteiger partial charge is 0.481 e. The Morgan fingerprint density at radius 2 is 1.77 bits per heavy atom. The molecule has 2 atom stereocenters. The van der Waals surface area contributed by atoms with E-state index in [4.69, 9.17) is 18.6 Å². The molecule has 164 valence electrons. The van der Waals surface area contributed by atoms with Gasteiger partial charge < -0.3 is 18.6 Å². The molecule has 2 aromatic rings. The lowest BCUT2D eigenvalue weighted by molar-refractivity contribution is -0.172. The van der Waals surface area contributed by atoms with Crippen molar-refractivity contribution >= 4 is 22.9 Å². The van der Waals surface area contributed by atoms with Crippen molar-refractivity contribution in [1.29, 1.82) is 0 Å². The van der Waals surface area contributed by atoms with Crippen molar-refractivity contribution in [3.8, 4) is 5.75 Å². The molecule has 0 aliphatic carbocycles. The summed E-state index contributed by atoms with van der Waals surface area (Å²) >= 11 is 0. The Labute approximate surface area is 180 Å². The molecule has 0 amide bonds. The van der Waals surface area contributed by atoms with Gasteiger partial charge in [0.2, 0.25) is 0 Å². The molecule has 2 heterocycles. The van der Waals surface area contributed by atoms with Crippen LogP contribution in [0.25, 0.3) is 11.0 Å². The first-order chi connectivity index (χ1) is 14.5. The first-order valence-electron chi connectivity index (χ1n) is 9.98. The molecule has 0 saturated heterocycles. The van der Waals surface area contributed by atoms with E-state index in [0.29, 0.717) is 22.3 Å². The predicted molar refractivity (Wildman–Crippen MR) is 115 cm³/mol. The zero-order valence-corrected chi connectivity index (χ0v) is 18.5. The maximum atomic E-state index is 12.5. The van der Waals surface area contributed by atoms with Gasteiger partial charge in [-0.3, -0.25) is 0 Å². The first-order valence-corrected chi connectivity index (χ1v) is 9.98. The van der Waals surface area contributed by atoms with E-state index in [1.54, 1.807) is 65.8 Å². The van der Waals surface area contributed by atoms with E-state index in [0.717, 1.165) is 5.57 Å². The summed E-state index contributed by atoms with van der Waals surface area (Å²) < 4.78 is 23.0. The second-order valence-electron chi connectivity index (χ2n) is 8.23. The van der Waals surface area contributed by atoms with Gasteiger partial charge in [0, 0.05) is 23.1 Å². The topological polar surface area (TPSA) is 92.0 Å². The van der Waals surface area contributed by atoms with Crippen molar-refractivity contribution in [2.75, 3.05) is 0 Å². The minimum absolute atomic E-state index is 0.272. The summed E-state index contributed by atoms with van der Waals surface area (Å²) in [6, 6.07) is 6.41. The molecule has 1 aromatic carbocycles. The summed E-state index contributed by atoms with van der Waals surface area (Å²) in [5.74, 6) is -0.681. The standard InChI is InChI=1S/C24H26O7/c1-7-14(4)23(27)31-24(5,6)22-21(30-18(26)12-13(2)3)19-16(28-22)10-8-15-9-11-17(25)29-20(15)19/h7-12,21-22H,1-6H3. The van der Waals surface area contributed by atoms with Crippen LogP contribution < -0.4 is 10.4 Å². The molecule has 31 heavy (non-hydrogen) atoms. The van der Waals surface area contributed by atoms with Crippen LogP contribution >= 0.6 is 0 Å². The summed E-state index contributed by atoms with van der Waals surface area (Å²) in [4.78, 5) is 36.8. The molecule has 1 aliphatic rings. The van der Waals surface area contributed by atoms with Crippen LogP contribution in [0.2, 0.25) is 0 Å². The zero-order valence-electron chi connectivity index (χ0n) is 18.5. The van der Waals surface area contributed by atoms with Crippen molar-refractivity contribution in [2.24, 2.45) is 0 Å². The van der Waals surface area contributed by atoms with Crippen LogP contribution in [0.4, 0.5) is 0 Å². The van der Waals surface area contributed by atoms with E-state index in [1.807, 2.05) is 0 Å². The Hall–Kier alpha value is -3.35. The van der Waals surface area contributed by atoms with Crippen molar-refractivity contribution in [3.63, 3.8) is 0 Å². The molecule has 3 rings (SSSR count). The maximum Gasteiger partial charge on any atom is 0.336 e. The van der Waals surface area contributed by atoms with Gasteiger partial charge in [0.1, 0.15) is 16.9 Å². The van der Waals surface area contributed by atoms with E-state index in [2.05, 4.69) is 0 Å². The fourth-order valence-corrected chi connectivity index (χ4v) is 3.38. The third-order valence-electron chi connectivity index (χ3n) is 5.05. The Kier molecular flexibility index (Phi) is 6.06. The smallest absolute Gasteiger partial charge is 0.336 e. The summed E-state index contributed by atoms with van der Waals surface area (Å²) in [6.07, 6.45) is 1.19. The molecule has 0 fully saturated rings. The number of carbonyl (C=O) groups excluding carboxylic acids is 2. The number of benzene rings is 1. The number of esters is 2. The number of allylic oxidation sites excluding steroid dienone is 2. The molecular weight excluding hydrogens is 400 g/mol. The van der Waals surface area contributed by atoms with Crippen LogP contribution in [0.5, 0.6) is 5.75 Å². The predicted octanol–water partition coefficient (Wildman–Crippen LogP) is 4.39. The fraction of sp³-hybridized carbons (Fsp3) is 0.375. The zero-order chi connectivity index (χ0) is 22.9. The summed E-state index contributed by atoms with van der Waals surface area (Å²) in [5, 5.41) is 0.658. The lowest BCUT2D eigenvalue weighted by Gasteiger charge is -2.33. The molecule has 0 radical (unpaired) electrons. The van der Waals surface area contributed by atoms with E-state index < -0.39 is 35.4 Å². The second kappa shape index (κ2) is 8.41. The highest BCUT2D eigenvalue weighted by Crippen LogP contribution is 2.47. The molecule has 2 unspecified atom stereocenters. The molecule has 7 heteroatoms. The van der Waals surface area contributed by atoms with Gasteiger partial charge in [-0.25, -0.2) is 14.4 Å². The maximum absolute atomic E-state index is 12.5. The number of rotatable bonds is 5. The van der Waals surface area contributed by atoms with Crippen molar-refractivity contribution in [3.05, 3.63) is 63.5 Å². The normalized spacial score (nSPS) is 18.2. The van der Waals surface area contributed by atoms with Crippen LogP contribution in [0.15, 0.2) is 56.8 Å². The van der Waals surface area contributed by atoms with E-state index >= 15 is 0 Å². The van der Waals surface area contributed by atoms with Gasteiger partial charge in [-0.1, -0.05) is 11.6 Å². The lowest BCUT2D eigenvalue weighted by atomic mass is 9.93. The third-order valence-corrected chi connectivity index (χ3v) is 5.05. The number of carbonyl (C=O) groups is 2. The van der Waals surface area contributed by atoms with Crippen LogP contribution in [-0.2, 0) is 19.1 Å². The van der Waals surface area contributed by atoms with Gasteiger partial charge in [0.05, 0.1) is 5.56 Å². The van der Waals surface area contributed by atoms with E-state index in [9.17, 15) is 14.4 Å².